The summed E-state index contributed by atoms with van der Waals surface area (Å²) in [6.45, 7) is 1.77. The third-order valence-corrected chi connectivity index (χ3v) is 3.23. The van der Waals surface area contributed by atoms with Crippen molar-refractivity contribution >= 4 is 21.6 Å². The first kappa shape index (κ1) is 9.03. The van der Waals surface area contributed by atoms with Gasteiger partial charge in [-0.2, -0.15) is 0 Å². The van der Waals surface area contributed by atoms with Gasteiger partial charge in [-0.05, 0) is 46.4 Å². The summed E-state index contributed by atoms with van der Waals surface area (Å²) in [4.78, 5) is 0. The van der Waals surface area contributed by atoms with E-state index in [0.717, 1.165) is 24.0 Å². The predicted molar refractivity (Wildman–Crippen MR) is 59.0 cm³/mol. The number of anilines is 1. The SMILES string of the molecule is NCC1CCNc2c(Br)cccc21. The Labute approximate surface area is 86.6 Å². The van der Waals surface area contributed by atoms with E-state index in [0.29, 0.717) is 5.92 Å². The topological polar surface area (TPSA) is 38.0 Å². The monoisotopic (exact) mass is 240 g/mol. The third-order valence-electron chi connectivity index (χ3n) is 2.56. The van der Waals surface area contributed by atoms with Gasteiger partial charge < -0.3 is 11.1 Å². The summed E-state index contributed by atoms with van der Waals surface area (Å²) in [5.41, 5.74) is 8.30. The van der Waals surface area contributed by atoms with Gasteiger partial charge in [-0.3, -0.25) is 0 Å². The summed E-state index contributed by atoms with van der Waals surface area (Å²) in [5.74, 6) is 0.522. The van der Waals surface area contributed by atoms with Gasteiger partial charge in [0.05, 0.1) is 5.69 Å². The van der Waals surface area contributed by atoms with Crippen LogP contribution < -0.4 is 11.1 Å². The number of para-hydroxylation sites is 1. The Hall–Kier alpha value is -0.540. The lowest BCUT2D eigenvalue weighted by Gasteiger charge is -2.26. The lowest BCUT2D eigenvalue weighted by Crippen LogP contribution is -2.22. The maximum Gasteiger partial charge on any atom is 0.0520 e. The number of hydrogen-bond donors (Lipinski definition) is 2. The van der Waals surface area contributed by atoms with Crippen LogP contribution in [0.5, 0.6) is 0 Å². The van der Waals surface area contributed by atoms with E-state index in [1.165, 1.54) is 11.3 Å². The quantitative estimate of drug-likeness (QED) is 0.791. The molecule has 1 aromatic rings. The van der Waals surface area contributed by atoms with Gasteiger partial charge in [0.1, 0.15) is 0 Å². The molecule has 1 unspecified atom stereocenters. The number of benzene rings is 1. The van der Waals surface area contributed by atoms with E-state index in [1.807, 2.05) is 0 Å². The van der Waals surface area contributed by atoms with Gasteiger partial charge in [0.2, 0.25) is 0 Å². The largest absolute Gasteiger partial charge is 0.384 e. The Kier molecular flexibility index (Phi) is 2.56. The highest BCUT2D eigenvalue weighted by Gasteiger charge is 2.19. The number of nitrogens with two attached hydrogens (primary N) is 1. The first-order chi connectivity index (χ1) is 6.33. The fourth-order valence-corrected chi connectivity index (χ4v) is 2.36. The molecule has 0 fully saturated rings. The zero-order chi connectivity index (χ0) is 9.26. The highest BCUT2D eigenvalue weighted by atomic mass is 79.9. The molecule has 2 nitrogen and oxygen atoms in total. The van der Waals surface area contributed by atoms with Crippen LogP contribution in [0.1, 0.15) is 17.9 Å². The summed E-state index contributed by atoms with van der Waals surface area (Å²) in [7, 11) is 0. The van der Waals surface area contributed by atoms with Crippen molar-refractivity contribution in [2.45, 2.75) is 12.3 Å². The Morgan fingerprint density at radius 3 is 3.15 bits per heavy atom. The van der Waals surface area contributed by atoms with E-state index >= 15 is 0 Å². The predicted octanol–water partition coefficient (Wildman–Crippen LogP) is 2.31. The van der Waals surface area contributed by atoms with E-state index in [1.54, 1.807) is 0 Å². The lowest BCUT2D eigenvalue weighted by atomic mass is 9.91. The van der Waals surface area contributed by atoms with Crippen molar-refractivity contribution in [3.8, 4) is 0 Å². The Morgan fingerprint density at radius 1 is 1.54 bits per heavy atom. The number of nitrogens with one attached hydrogen (secondary N) is 1. The van der Waals surface area contributed by atoms with Crippen LogP contribution in [-0.2, 0) is 0 Å². The first-order valence-electron chi connectivity index (χ1n) is 4.55. The lowest BCUT2D eigenvalue weighted by molar-refractivity contribution is 0.636. The highest BCUT2D eigenvalue weighted by Crippen LogP contribution is 2.35. The molecule has 0 aromatic heterocycles. The molecule has 0 amide bonds. The summed E-state index contributed by atoms with van der Waals surface area (Å²) in [6, 6.07) is 6.28. The molecule has 13 heavy (non-hydrogen) atoms. The number of rotatable bonds is 1. The summed E-state index contributed by atoms with van der Waals surface area (Å²) < 4.78 is 1.14. The average Bonchev–Trinajstić information content (AvgIpc) is 2.18. The minimum Gasteiger partial charge on any atom is -0.384 e. The second kappa shape index (κ2) is 3.68. The number of hydrogen-bond acceptors (Lipinski definition) is 2. The van der Waals surface area contributed by atoms with Crippen LogP contribution in [0.25, 0.3) is 0 Å². The molecule has 1 atom stereocenters. The second-order valence-corrected chi connectivity index (χ2v) is 4.21. The van der Waals surface area contributed by atoms with Gasteiger partial charge in [-0.1, -0.05) is 12.1 Å². The molecule has 0 radical (unpaired) electrons. The molecular formula is C10H13BrN2. The van der Waals surface area contributed by atoms with Crippen molar-refractivity contribution in [3.63, 3.8) is 0 Å². The molecule has 1 aliphatic rings. The fraction of sp³-hybridized carbons (Fsp3) is 0.400. The maximum atomic E-state index is 5.73. The van der Waals surface area contributed by atoms with E-state index in [9.17, 15) is 0 Å². The van der Waals surface area contributed by atoms with Gasteiger partial charge in [-0.15, -0.1) is 0 Å². The molecule has 1 aromatic carbocycles. The Morgan fingerprint density at radius 2 is 2.38 bits per heavy atom. The molecule has 0 spiro atoms. The van der Waals surface area contributed by atoms with Gasteiger partial charge in [0.15, 0.2) is 0 Å². The van der Waals surface area contributed by atoms with Crippen molar-refractivity contribution in [2.75, 3.05) is 18.4 Å². The van der Waals surface area contributed by atoms with Crippen molar-refractivity contribution in [2.24, 2.45) is 5.73 Å². The number of halogens is 1. The molecule has 0 aliphatic carbocycles. The Balaban J connectivity index is 2.45. The van der Waals surface area contributed by atoms with Crippen LogP contribution in [0.3, 0.4) is 0 Å². The molecule has 3 heteroatoms. The maximum absolute atomic E-state index is 5.73. The summed E-state index contributed by atoms with van der Waals surface area (Å²) in [6.07, 6.45) is 1.14. The van der Waals surface area contributed by atoms with E-state index in [-0.39, 0.29) is 0 Å². The zero-order valence-electron chi connectivity index (χ0n) is 7.39. The van der Waals surface area contributed by atoms with E-state index < -0.39 is 0 Å². The van der Waals surface area contributed by atoms with Crippen molar-refractivity contribution in [1.82, 2.24) is 0 Å². The zero-order valence-corrected chi connectivity index (χ0v) is 8.97. The van der Waals surface area contributed by atoms with Crippen LogP contribution in [0, 0.1) is 0 Å². The third kappa shape index (κ3) is 1.58. The van der Waals surface area contributed by atoms with Crippen LogP contribution in [0.2, 0.25) is 0 Å². The average molecular weight is 241 g/mol. The van der Waals surface area contributed by atoms with Gasteiger partial charge in [0, 0.05) is 11.0 Å². The van der Waals surface area contributed by atoms with Gasteiger partial charge in [0.25, 0.3) is 0 Å². The number of fused-ring (bicyclic) bond motifs is 1. The van der Waals surface area contributed by atoms with Crippen LogP contribution >= 0.6 is 15.9 Å². The molecule has 70 valence electrons. The Bertz CT molecular complexity index is 312. The molecule has 2 rings (SSSR count). The highest BCUT2D eigenvalue weighted by molar-refractivity contribution is 9.10. The van der Waals surface area contributed by atoms with E-state index in [2.05, 4.69) is 39.4 Å². The first-order valence-corrected chi connectivity index (χ1v) is 5.34. The smallest absolute Gasteiger partial charge is 0.0520 e. The molecular weight excluding hydrogens is 228 g/mol. The van der Waals surface area contributed by atoms with Crippen molar-refractivity contribution < 1.29 is 0 Å². The van der Waals surface area contributed by atoms with Crippen LogP contribution in [-0.4, -0.2) is 13.1 Å². The van der Waals surface area contributed by atoms with Crippen molar-refractivity contribution in [3.05, 3.63) is 28.2 Å². The summed E-state index contributed by atoms with van der Waals surface area (Å²) in [5, 5.41) is 3.39. The van der Waals surface area contributed by atoms with Gasteiger partial charge >= 0.3 is 0 Å². The minimum absolute atomic E-state index is 0.522. The molecule has 0 saturated carbocycles. The van der Waals surface area contributed by atoms with Crippen LogP contribution in [0.15, 0.2) is 22.7 Å². The second-order valence-electron chi connectivity index (χ2n) is 3.35. The standard InChI is InChI=1S/C10H13BrN2/c11-9-3-1-2-8-7(6-12)4-5-13-10(8)9/h1-3,7,13H,4-6,12H2. The minimum atomic E-state index is 0.522. The van der Waals surface area contributed by atoms with Gasteiger partial charge in [-0.25, -0.2) is 0 Å². The van der Waals surface area contributed by atoms with Crippen molar-refractivity contribution in [1.29, 1.82) is 0 Å². The normalized spacial score (nSPS) is 20.6. The van der Waals surface area contributed by atoms with Crippen LogP contribution in [0.4, 0.5) is 5.69 Å². The molecule has 3 N–H and O–H groups in total. The van der Waals surface area contributed by atoms with E-state index in [4.69, 9.17) is 5.73 Å². The molecule has 1 aliphatic heterocycles. The molecule has 1 heterocycles. The molecule has 0 bridgehead atoms. The molecule has 0 saturated heterocycles. The summed E-state index contributed by atoms with van der Waals surface area (Å²) >= 11 is 3.54. The fourth-order valence-electron chi connectivity index (χ4n) is 1.84.